The van der Waals surface area contributed by atoms with E-state index in [0.717, 1.165) is 37.4 Å². The maximum Gasteiger partial charge on any atom is 0.330 e. The Morgan fingerprint density at radius 2 is 1.28 bits per heavy atom. The second-order valence-electron chi connectivity index (χ2n) is 7.05. The van der Waals surface area contributed by atoms with Gasteiger partial charge in [-0.05, 0) is 44.9 Å². The van der Waals surface area contributed by atoms with Crippen LogP contribution in [0.4, 0.5) is 0 Å². The fraction of sp³-hybridized carbons (Fsp3) is 0.864. The second kappa shape index (κ2) is 20.0. The van der Waals surface area contributed by atoms with Crippen molar-refractivity contribution in [2.24, 2.45) is 0 Å². The van der Waals surface area contributed by atoms with Gasteiger partial charge in [0.05, 0.1) is 6.61 Å². The van der Waals surface area contributed by atoms with Gasteiger partial charge in [-0.25, -0.2) is 4.79 Å². The van der Waals surface area contributed by atoms with Crippen LogP contribution in [0.2, 0.25) is 0 Å². The Morgan fingerprint density at radius 1 is 0.760 bits per heavy atom. The lowest BCUT2D eigenvalue weighted by atomic mass is 9.99. The van der Waals surface area contributed by atoms with Gasteiger partial charge in [0.2, 0.25) is 0 Å². The summed E-state index contributed by atoms with van der Waals surface area (Å²) in [5, 5.41) is 1.03. The van der Waals surface area contributed by atoms with Gasteiger partial charge in [-0.15, -0.1) is 0 Å². The van der Waals surface area contributed by atoms with E-state index < -0.39 is 0 Å². The summed E-state index contributed by atoms with van der Waals surface area (Å²) in [7, 11) is 0. The van der Waals surface area contributed by atoms with E-state index in [4.69, 9.17) is 4.74 Å². The van der Waals surface area contributed by atoms with E-state index in [2.05, 4.69) is 29.8 Å². The number of alkyl halides is 1. The number of ether oxygens (including phenoxy) is 1. The van der Waals surface area contributed by atoms with Crippen LogP contribution in [0.5, 0.6) is 0 Å². The molecule has 0 aromatic rings. The molecule has 148 valence electrons. The molecule has 25 heavy (non-hydrogen) atoms. The van der Waals surface area contributed by atoms with Crippen LogP contribution in [-0.4, -0.2) is 17.9 Å². The lowest BCUT2D eigenvalue weighted by molar-refractivity contribution is -0.137. The number of carbonyl (C=O) groups excluding carboxylic acids is 1. The summed E-state index contributed by atoms with van der Waals surface area (Å²) in [5.41, 5.74) is 1.30. The average molecular weight is 417 g/mol. The van der Waals surface area contributed by atoms with E-state index in [1.54, 1.807) is 6.08 Å². The van der Waals surface area contributed by atoms with E-state index >= 15 is 0 Å². The maximum atomic E-state index is 12.0. The third-order valence-electron chi connectivity index (χ3n) is 4.55. The van der Waals surface area contributed by atoms with Crippen molar-refractivity contribution < 1.29 is 9.53 Å². The topological polar surface area (TPSA) is 26.3 Å². The fourth-order valence-electron chi connectivity index (χ4n) is 2.93. The summed E-state index contributed by atoms with van der Waals surface area (Å²) in [5.74, 6) is -0.129. The zero-order valence-electron chi connectivity index (χ0n) is 16.8. The number of halogens is 1. The molecule has 0 amide bonds. The van der Waals surface area contributed by atoms with Gasteiger partial charge < -0.3 is 4.74 Å². The Labute approximate surface area is 165 Å². The first-order valence-corrected chi connectivity index (χ1v) is 11.8. The normalized spacial score (nSPS) is 11.7. The number of hydrogen-bond donors (Lipinski definition) is 0. The van der Waals surface area contributed by atoms with Crippen molar-refractivity contribution in [3.8, 4) is 0 Å². The molecular formula is C22H41BrO2. The van der Waals surface area contributed by atoms with Crippen molar-refractivity contribution in [2.45, 2.75) is 110 Å². The molecule has 0 aromatic heterocycles. The largest absolute Gasteiger partial charge is 0.463 e. The number of allylic oxidation sites excluding steroid dienone is 1. The summed E-state index contributed by atoms with van der Waals surface area (Å²) >= 11 is 3.42. The average Bonchev–Trinajstić information content (AvgIpc) is 2.61. The lowest BCUT2D eigenvalue weighted by Gasteiger charge is -2.08. The van der Waals surface area contributed by atoms with Gasteiger partial charge in [0.15, 0.2) is 0 Å². The van der Waals surface area contributed by atoms with Gasteiger partial charge in [0.1, 0.15) is 0 Å². The van der Waals surface area contributed by atoms with Crippen molar-refractivity contribution in [1.29, 1.82) is 0 Å². The second-order valence-corrected chi connectivity index (χ2v) is 7.84. The summed E-state index contributed by atoms with van der Waals surface area (Å²) in [6, 6.07) is 0. The highest BCUT2D eigenvalue weighted by molar-refractivity contribution is 9.09. The van der Waals surface area contributed by atoms with Crippen LogP contribution in [0.25, 0.3) is 0 Å². The number of esters is 1. The summed E-state index contributed by atoms with van der Waals surface area (Å²) in [4.78, 5) is 12.0. The molecular weight excluding hydrogens is 376 g/mol. The first-order chi connectivity index (χ1) is 12.2. The third-order valence-corrected chi connectivity index (χ3v) is 5.11. The van der Waals surface area contributed by atoms with Crippen molar-refractivity contribution in [3.05, 3.63) is 11.6 Å². The molecule has 0 spiro atoms. The molecule has 0 aliphatic heterocycles. The van der Waals surface area contributed by atoms with Crippen molar-refractivity contribution in [3.63, 3.8) is 0 Å². The third kappa shape index (κ3) is 18.3. The van der Waals surface area contributed by atoms with E-state index in [1.165, 1.54) is 69.8 Å². The Balaban J connectivity index is 4.12. The van der Waals surface area contributed by atoms with Gasteiger partial charge in [0.25, 0.3) is 0 Å². The Bertz CT molecular complexity index is 326. The van der Waals surface area contributed by atoms with E-state index in [9.17, 15) is 4.79 Å². The van der Waals surface area contributed by atoms with Crippen LogP contribution in [0, 0.1) is 0 Å². The van der Waals surface area contributed by atoms with E-state index in [-0.39, 0.29) is 5.97 Å². The highest BCUT2D eigenvalue weighted by Gasteiger charge is 2.04. The van der Waals surface area contributed by atoms with Crippen LogP contribution in [0.15, 0.2) is 11.6 Å². The van der Waals surface area contributed by atoms with Crippen LogP contribution in [0.3, 0.4) is 0 Å². The molecule has 0 N–H and O–H groups in total. The molecule has 0 aliphatic carbocycles. The molecule has 2 nitrogen and oxygen atoms in total. The monoisotopic (exact) mass is 416 g/mol. The molecule has 0 unspecified atom stereocenters. The lowest BCUT2D eigenvalue weighted by Crippen LogP contribution is -2.04. The van der Waals surface area contributed by atoms with Gasteiger partial charge >= 0.3 is 5.97 Å². The summed E-state index contributed by atoms with van der Waals surface area (Å²) in [6.45, 7) is 5.05. The number of unbranched alkanes of at least 4 members (excludes halogenated alkanes) is 10. The Kier molecular flexibility index (Phi) is 19.8. The molecule has 0 atom stereocenters. The van der Waals surface area contributed by atoms with Gasteiger partial charge in [-0.1, -0.05) is 86.7 Å². The molecule has 0 fully saturated rings. The quantitative estimate of drug-likeness (QED) is 0.0986. The summed E-state index contributed by atoms with van der Waals surface area (Å²) < 4.78 is 5.38. The highest BCUT2D eigenvalue weighted by Crippen LogP contribution is 2.18. The number of carbonyl (C=O) groups is 1. The van der Waals surface area contributed by atoms with Crippen molar-refractivity contribution >= 4 is 21.9 Å². The smallest absolute Gasteiger partial charge is 0.330 e. The van der Waals surface area contributed by atoms with Gasteiger partial charge in [0, 0.05) is 11.4 Å². The van der Waals surface area contributed by atoms with Crippen LogP contribution in [-0.2, 0) is 9.53 Å². The van der Waals surface area contributed by atoms with E-state index in [1.807, 2.05) is 0 Å². The Hall–Kier alpha value is -0.310. The standard InChI is InChI=1S/C22H41BrO2/c1-3-5-7-9-10-13-17-21(16-12-8-6-4-2)20-22(24)25-19-15-11-14-18-23/h20H,3-19H2,1-2H3/b21-20+. The van der Waals surface area contributed by atoms with Crippen molar-refractivity contribution in [2.75, 3.05) is 11.9 Å². The minimum atomic E-state index is -0.129. The molecule has 0 radical (unpaired) electrons. The Morgan fingerprint density at radius 3 is 1.88 bits per heavy atom. The van der Waals surface area contributed by atoms with Crippen molar-refractivity contribution in [1.82, 2.24) is 0 Å². The zero-order valence-corrected chi connectivity index (χ0v) is 18.4. The van der Waals surface area contributed by atoms with Gasteiger partial charge in [-0.3, -0.25) is 0 Å². The molecule has 3 heteroatoms. The zero-order chi connectivity index (χ0) is 18.6. The predicted molar refractivity (Wildman–Crippen MR) is 113 cm³/mol. The first-order valence-electron chi connectivity index (χ1n) is 10.7. The number of rotatable bonds is 18. The minimum Gasteiger partial charge on any atom is -0.463 e. The van der Waals surface area contributed by atoms with Gasteiger partial charge in [-0.2, -0.15) is 0 Å². The predicted octanol–water partition coefficient (Wildman–Crippen LogP) is 7.74. The maximum absolute atomic E-state index is 12.0. The van der Waals surface area contributed by atoms with Crippen LogP contribution >= 0.6 is 15.9 Å². The number of hydrogen-bond acceptors (Lipinski definition) is 2. The summed E-state index contributed by atoms with van der Waals surface area (Å²) in [6.07, 6.45) is 20.0. The minimum absolute atomic E-state index is 0.129. The first kappa shape index (κ1) is 24.7. The van der Waals surface area contributed by atoms with Crippen LogP contribution < -0.4 is 0 Å². The molecule has 0 aliphatic rings. The molecule has 0 saturated heterocycles. The molecule has 0 bridgehead atoms. The molecule has 0 heterocycles. The molecule has 0 saturated carbocycles. The molecule has 0 aromatic carbocycles. The van der Waals surface area contributed by atoms with Crippen LogP contribution in [0.1, 0.15) is 110 Å². The fourth-order valence-corrected chi connectivity index (χ4v) is 3.33. The highest BCUT2D eigenvalue weighted by atomic mass is 79.9. The van der Waals surface area contributed by atoms with E-state index in [0.29, 0.717) is 6.61 Å². The molecule has 0 rings (SSSR count). The SMILES string of the molecule is CCCCCCCC/C(=C/C(=O)OCCCCCBr)CCCCCC.